The van der Waals surface area contributed by atoms with Gasteiger partial charge in [-0.25, -0.2) is 0 Å². The van der Waals surface area contributed by atoms with E-state index in [1.807, 2.05) is 12.1 Å². The van der Waals surface area contributed by atoms with Crippen LogP contribution in [0.3, 0.4) is 0 Å². The molecule has 20 heavy (non-hydrogen) atoms. The summed E-state index contributed by atoms with van der Waals surface area (Å²) in [6, 6.07) is 4.83. The van der Waals surface area contributed by atoms with E-state index in [9.17, 15) is 9.90 Å². The van der Waals surface area contributed by atoms with Gasteiger partial charge in [-0.2, -0.15) is 0 Å². The molecule has 112 valence electrons. The maximum atomic E-state index is 11.8. The molecule has 1 amide bonds. The number of amides is 1. The van der Waals surface area contributed by atoms with Gasteiger partial charge in [0.25, 0.3) is 0 Å². The zero-order valence-electron chi connectivity index (χ0n) is 12.3. The Kier molecular flexibility index (Phi) is 6.27. The van der Waals surface area contributed by atoms with Crippen molar-refractivity contribution in [3.8, 4) is 11.5 Å². The normalized spacial score (nSPS) is 11.8. The summed E-state index contributed by atoms with van der Waals surface area (Å²) < 4.78 is 10.4. The molecule has 2 N–H and O–H groups in total. The van der Waals surface area contributed by atoms with Gasteiger partial charge in [0.15, 0.2) is 0 Å². The first-order chi connectivity index (χ1) is 9.53. The lowest BCUT2D eigenvalue weighted by Crippen LogP contribution is -2.45. The number of rotatable bonds is 7. The fourth-order valence-corrected chi connectivity index (χ4v) is 1.77. The van der Waals surface area contributed by atoms with Gasteiger partial charge in [-0.3, -0.25) is 10.1 Å². The number of aliphatic hydroxyl groups excluding tert-OH is 1. The minimum Gasteiger partial charge on any atom is -0.497 e. The SMILES string of the molecule is COc1ccc(CNC(CO)C(=O)N(C)C)c(OC)c1. The molecule has 0 bridgehead atoms. The molecule has 0 saturated heterocycles. The number of ether oxygens (including phenoxy) is 2. The van der Waals surface area contributed by atoms with Crippen molar-refractivity contribution in [2.45, 2.75) is 12.6 Å². The maximum Gasteiger partial charge on any atom is 0.241 e. The number of hydrogen-bond donors (Lipinski definition) is 2. The van der Waals surface area contributed by atoms with Gasteiger partial charge in [0.1, 0.15) is 17.5 Å². The van der Waals surface area contributed by atoms with Gasteiger partial charge >= 0.3 is 0 Å². The molecule has 1 atom stereocenters. The first-order valence-electron chi connectivity index (χ1n) is 6.29. The molecule has 0 spiro atoms. The van der Waals surface area contributed by atoms with E-state index in [1.54, 1.807) is 34.4 Å². The summed E-state index contributed by atoms with van der Waals surface area (Å²) in [4.78, 5) is 13.2. The van der Waals surface area contributed by atoms with Crippen LogP contribution in [0.15, 0.2) is 18.2 Å². The number of nitrogens with one attached hydrogen (secondary N) is 1. The molecular weight excluding hydrogens is 260 g/mol. The van der Waals surface area contributed by atoms with E-state index in [0.29, 0.717) is 18.0 Å². The van der Waals surface area contributed by atoms with Crippen molar-refractivity contribution in [3.63, 3.8) is 0 Å². The third kappa shape index (κ3) is 4.11. The summed E-state index contributed by atoms with van der Waals surface area (Å²) in [7, 11) is 6.47. The molecule has 1 aromatic carbocycles. The summed E-state index contributed by atoms with van der Waals surface area (Å²) in [5.74, 6) is 1.21. The largest absolute Gasteiger partial charge is 0.497 e. The number of carbonyl (C=O) groups is 1. The minimum atomic E-state index is -0.628. The van der Waals surface area contributed by atoms with Crippen LogP contribution in [0.1, 0.15) is 5.56 Å². The highest BCUT2D eigenvalue weighted by atomic mass is 16.5. The fraction of sp³-hybridized carbons (Fsp3) is 0.500. The maximum absolute atomic E-state index is 11.8. The minimum absolute atomic E-state index is 0.167. The van der Waals surface area contributed by atoms with E-state index < -0.39 is 6.04 Å². The lowest BCUT2D eigenvalue weighted by Gasteiger charge is -2.20. The fourth-order valence-electron chi connectivity index (χ4n) is 1.77. The third-order valence-electron chi connectivity index (χ3n) is 2.95. The van der Waals surface area contributed by atoms with Gasteiger partial charge in [0.2, 0.25) is 5.91 Å². The van der Waals surface area contributed by atoms with E-state index >= 15 is 0 Å². The molecule has 1 aromatic rings. The van der Waals surface area contributed by atoms with E-state index in [-0.39, 0.29) is 12.5 Å². The Morgan fingerprint density at radius 1 is 1.35 bits per heavy atom. The zero-order chi connectivity index (χ0) is 15.1. The molecule has 6 heteroatoms. The Morgan fingerprint density at radius 3 is 2.55 bits per heavy atom. The second-order valence-corrected chi connectivity index (χ2v) is 4.53. The summed E-state index contributed by atoms with van der Waals surface area (Å²) in [5, 5.41) is 12.3. The van der Waals surface area contributed by atoms with E-state index in [2.05, 4.69) is 5.32 Å². The molecular formula is C14H22N2O4. The van der Waals surface area contributed by atoms with Crippen LogP contribution < -0.4 is 14.8 Å². The van der Waals surface area contributed by atoms with Crippen LogP contribution in [0, 0.1) is 0 Å². The van der Waals surface area contributed by atoms with Gasteiger partial charge in [-0.15, -0.1) is 0 Å². The van der Waals surface area contributed by atoms with Crippen molar-refractivity contribution >= 4 is 5.91 Å². The van der Waals surface area contributed by atoms with Crippen molar-refractivity contribution in [2.75, 3.05) is 34.9 Å². The van der Waals surface area contributed by atoms with Crippen molar-refractivity contribution in [3.05, 3.63) is 23.8 Å². The lowest BCUT2D eigenvalue weighted by molar-refractivity contribution is -0.131. The first-order valence-corrected chi connectivity index (χ1v) is 6.29. The van der Waals surface area contributed by atoms with Crippen molar-refractivity contribution in [2.24, 2.45) is 0 Å². The van der Waals surface area contributed by atoms with E-state index in [0.717, 1.165) is 5.56 Å². The van der Waals surface area contributed by atoms with E-state index in [4.69, 9.17) is 9.47 Å². The third-order valence-corrected chi connectivity index (χ3v) is 2.95. The van der Waals surface area contributed by atoms with Gasteiger partial charge in [0, 0.05) is 32.3 Å². The predicted octanol–water partition coefficient (Wildman–Crippen LogP) is 0.243. The van der Waals surface area contributed by atoms with Gasteiger partial charge in [-0.05, 0) is 6.07 Å². The Labute approximate surface area is 119 Å². The quantitative estimate of drug-likeness (QED) is 0.750. The number of aliphatic hydroxyl groups is 1. The highest BCUT2D eigenvalue weighted by Gasteiger charge is 2.19. The summed E-state index contributed by atoms with van der Waals surface area (Å²) >= 11 is 0. The molecule has 6 nitrogen and oxygen atoms in total. The first kappa shape index (κ1) is 16.3. The van der Waals surface area contributed by atoms with Crippen LogP contribution >= 0.6 is 0 Å². The Hall–Kier alpha value is -1.79. The molecule has 1 rings (SSSR count). The summed E-state index contributed by atoms with van der Waals surface area (Å²) in [5.41, 5.74) is 0.887. The molecule has 0 aliphatic carbocycles. The molecule has 0 heterocycles. The van der Waals surface area contributed by atoms with Crippen LogP contribution in [0.2, 0.25) is 0 Å². The number of nitrogens with zero attached hydrogens (tertiary/aromatic N) is 1. The second-order valence-electron chi connectivity index (χ2n) is 4.53. The standard InChI is InChI=1S/C14H22N2O4/c1-16(2)14(18)12(9-17)15-8-10-5-6-11(19-3)7-13(10)20-4/h5-7,12,15,17H,8-9H2,1-4H3. The lowest BCUT2D eigenvalue weighted by atomic mass is 10.1. The number of carbonyl (C=O) groups excluding carboxylic acids is 1. The second kappa shape index (κ2) is 7.72. The average Bonchev–Trinajstić information content (AvgIpc) is 2.47. The highest BCUT2D eigenvalue weighted by Crippen LogP contribution is 2.24. The van der Waals surface area contributed by atoms with Gasteiger partial charge in [0.05, 0.1) is 20.8 Å². The van der Waals surface area contributed by atoms with Gasteiger partial charge < -0.3 is 19.5 Å². The Balaban J connectivity index is 2.75. The van der Waals surface area contributed by atoms with Crippen LogP contribution in [-0.4, -0.2) is 56.9 Å². The van der Waals surface area contributed by atoms with E-state index in [1.165, 1.54) is 4.90 Å². The van der Waals surface area contributed by atoms with Crippen LogP contribution in [0.25, 0.3) is 0 Å². The van der Waals surface area contributed by atoms with Crippen molar-refractivity contribution in [1.82, 2.24) is 10.2 Å². The number of benzene rings is 1. The molecule has 0 saturated carbocycles. The van der Waals surface area contributed by atoms with Gasteiger partial charge in [-0.1, -0.05) is 6.07 Å². The number of likely N-dealkylation sites (N-methyl/N-ethyl adjacent to an activating group) is 1. The number of methoxy groups -OCH3 is 2. The average molecular weight is 282 g/mol. The van der Waals surface area contributed by atoms with Crippen molar-refractivity contribution < 1.29 is 19.4 Å². The topological polar surface area (TPSA) is 71.0 Å². The van der Waals surface area contributed by atoms with Crippen LogP contribution in [-0.2, 0) is 11.3 Å². The molecule has 0 aromatic heterocycles. The van der Waals surface area contributed by atoms with Crippen molar-refractivity contribution in [1.29, 1.82) is 0 Å². The monoisotopic (exact) mass is 282 g/mol. The molecule has 1 unspecified atom stereocenters. The van der Waals surface area contributed by atoms with Crippen LogP contribution in [0.4, 0.5) is 0 Å². The summed E-state index contributed by atoms with van der Waals surface area (Å²) in [6.07, 6.45) is 0. The predicted molar refractivity (Wildman–Crippen MR) is 76.0 cm³/mol. The summed E-state index contributed by atoms with van der Waals surface area (Å²) in [6.45, 7) is 0.160. The Bertz CT molecular complexity index is 449. The Morgan fingerprint density at radius 2 is 2.05 bits per heavy atom. The molecule has 0 radical (unpaired) electrons. The molecule has 0 aliphatic rings. The highest BCUT2D eigenvalue weighted by molar-refractivity contribution is 5.81. The number of hydrogen-bond acceptors (Lipinski definition) is 5. The zero-order valence-corrected chi connectivity index (χ0v) is 12.3. The molecule has 0 fully saturated rings. The molecule has 0 aliphatic heterocycles. The van der Waals surface area contributed by atoms with Crippen LogP contribution in [0.5, 0.6) is 11.5 Å². The smallest absolute Gasteiger partial charge is 0.241 e.